The van der Waals surface area contributed by atoms with Gasteiger partial charge in [-0.25, -0.2) is 0 Å². The van der Waals surface area contributed by atoms with E-state index in [4.69, 9.17) is 9.47 Å². The fourth-order valence-electron chi connectivity index (χ4n) is 7.20. The predicted molar refractivity (Wildman–Crippen MR) is 186 cm³/mol. The Morgan fingerprint density at radius 3 is 1.40 bits per heavy atom. The molecule has 0 atom stereocenters. The van der Waals surface area contributed by atoms with Gasteiger partial charge in [0, 0.05) is 29.9 Å². The lowest BCUT2D eigenvalue weighted by Gasteiger charge is -2.33. The lowest BCUT2D eigenvalue weighted by Crippen LogP contribution is -2.57. The molecule has 5 aromatic rings. The van der Waals surface area contributed by atoms with E-state index < -0.39 is 0 Å². The Bertz CT molecular complexity index is 1910. The molecule has 0 unspecified atom stereocenters. The van der Waals surface area contributed by atoms with Gasteiger partial charge in [-0.3, -0.25) is 9.98 Å². The minimum absolute atomic E-state index is 0.0337. The molecule has 0 aliphatic carbocycles. The molecule has 4 aliphatic rings. The van der Waals surface area contributed by atoms with Crippen LogP contribution in [0.25, 0.3) is 22.3 Å². The van der Waals surface area contributed by atoms with Crippen LogP contribution in [0.2, 0.25) is 0 Å². The topological polar surface area (TPSA) is 49.7 Å². The minimum atomic E-state index is 0.0337. The molecule has 0 N–H and O–H groups in total. The second-order valence-corrected chi connectivity index (χ2v) is 12.1. The number of rotatable bonds is 4. The highest BCUT2D eigenvalue weighted by atomic mass is 16.5. The number of fused-ring (bicyclic) bond motifs is 4. The number of hydrogen-bond donors (Lipinski definition) is 0. The number of hydrogen-bond acceptors (Lipinski definition) is 6. The molecule has 4 heterocycles. The van der Waals surface area contributed by atoms with Crippen LogP contribution >= 0.6 is 0 Å². The molecule has 7 heteroatoms. The van der Waals surface area contributed by atoms with Crippen LogP contribution in [-0.4, -0.2) is 44.6 Å². The monoisotopic (exact) mass is 586 g/mol. The molecule has 0 radical (unpaired) electrons. The fourth-order valence-corrected chi connectivity index (χ4v) is 7.20. The van der Waals surface area contributed by atoms with Crippen molar-refractivity contribution in [2.24, 2.45) is 9.98 Å². The Morgan fingerprint density at radius 2 is 0.978 bits per heavy atom. The third-order valence-corrected chi connectivity index (χ3v) is 9.54. The molecule has 4 aliphatic heterocycles. The molecular weight excluding hydrogens is 555 g/mol. The highest BCUT2D eigenvalue weighted by Crippen LogP contribution is 2.37. The van der Waals surface area contributed by atoms with Gasteiger partial charge >= 0.3 is 0 Å². The Kier molecular flexibility index (Phi) is 5.88. The van der Waals surface area contributed by atoms with Crippen LogP contribution in [0.4, 0.5) is 11.4 Å². The van der Waals surface area contributed by atoms with Gasteiger partial charge < -0.3 is 19.3 Å². The van der Waals surface area contributed by atoms with E-state index in [9.17, 15) is 0 Å². The molecule has 0 aromatic heterocycles. The number of amidine groups is 2. The lowest BCUT2D eigenvalue weighted by atomic mass is 9.35. The number of nitrogens with zero attached hydrogens (tertiary/aromatic N) is 4. The molecule has 218 valence electrons. The van der Waals surface area contributed by atoms with Crippen molar-refractivity contribution >= 4 is 46.1 Å². The maximum Gasteiger partial charge on any atom is 0.260 e. The summed E-state index contributed by atoms with van der Waals surface area (Å²) >= 11 is 0. The second kappa shape index (κ2) is 10.1. The summed E-state index contributed by atoms with van der Waals surface area (Å²) in [5.74, 6) is 5.64. The largest absolute Gasteiger partial charge is 0.458 e. The van der Waals surface area contributed by atoms with E-state index in [2.05, 4.69) is 119 Å². The number of benzene rings is 5. The van der Waals surface area contributed by atoms with Crippen molar-refractivity contribution in [2.75, 3.05) is 36.0 Å². The highest BCUT2D eigenvalue weighted by Gasteiger charge is 2.40. The smallest absolute Gasteiger partial charge is 0.260 e. The molecule has 0 saturated carbocycles. The van der Waals surface area contributed by atoms with E-state index in [1.807, 2.05) is 18.2 Å². The van der Waals surface area contributed by atoms with Crippen molar-refractivity contribution in [2.45, 2.75) is 13.8 Å². The van der Waals surface area contributed by atoms with E-state index in [1.54, 1.807) is 0 Å². The van der Waals surface area contributed by atoms with Gasteiger partial charge in [0.1, 0.15) is 34.7 Å². The molecule has 0 saturated heterocycles. The molecule has 5 aromatic carbocycles. The average molecular weight is 587 g/mol. The molecular formula is C38H31BN4O2. The van der Waals surface area contributed by atoms with E-state index in [1.165, 1.54) is 11.4 Å². The van der Waals surface area contributed by atoms with Crippen LogP contribution in [0.1, 0.15) is 13.8 Å². The van der Waals surface area contributed by atoms with Gasteiger partial charge in [0.05, 0.1) is 13.1 Å². The van der Waals surface area contributed by atoms with Crippen molar-refractivity contribution < 1.29 is 9.47 Å². The number of ether oxygens (including phenoxy) is 2. The number of anilines is 2. The molecule has 0 amide bonds. The van der Waals surface area contributed by atoms with E-state index in [0.717, 1.165) is 99.5 Å². The Morgan fingerprint density at radius 1 is 0.533 bits per heavy atom. The molecule has 0 spiro atoms. The molecule has 9 rings (SSSR count). The normalized spacial score (nSPS) is 15.9. The summed E-state index contributed by atoms with van der Waals surface area (Å²) in [5.41, 5.74) is 10.4. The second-order valence-electron chi connectivity index (χ2n) is 12.1. The Balaban J connectivity index is 1.06. The first-order chi connectivity index (χ1) is 22.1. The summed E-state index contributed by atoms with van der Waals surface area (Å²) in [7, 11) is 0. The zero-order chi connectivity index (χ0) is 30.1. The first kappa shape index (κ1) is 26.1. The Labute approximate surface area is 263 Å². The highest BCUT2D eigenvalue weighted by molar-refractivity contribution is 6.98. The molecule has 0 fully saturated rings. The molecule has 0 bridgehead atoms. The quantitative estimate of drug-likeness (QED) is 0.230. The summed E-state index contributed by atoms with van der Waals surface area (Å²) in [5, 5.41) is 0. The maximum absolute atomic E-state index is 6.56. The number of aliphatic imine (C=N–C) groups is 2. The zero-order valence-electron chi connectivity index (χ0n) is 25.3. The van der Waals surface area contributed by atoms with Gasteiger partial charge in [-0.1, -0.05) is 54.6 Å². The first-order valence-corrected chi connectivity index (χ1v) is 15.7. The van der Waals surface area contributed by atoms with Crippen LogP contribution in [0.15, 0.2) is 113 Å². The molecule has 45 heavy (non-hydrogen) atoms. The van der Waals surface area contributed by atoms with Crippen molar-refractivity contribution in [3.05, 3.63) is 103 Å². The third-order valence-electron chi connectivity index (χ3n) is 9.54. The maximum atomic E-state index is 6.56. The fraction of sp³-hybridized carbons (Fsp3) is 0.158. The SMILES string of the molecule is CC1=NCCN1c1ccc(-c2ccc3c(c2)Oc2cccc4c2B3c2ccc(-c3ccc(N5CCN=C5C)cc3)cc2O4)cc1. The Hall–Kier alpha value is -5.30. The van der Waals surface area contributed by atoms with Gasteiger partial charge in [0.25, 0.3) is 6.71 Å². The lowest BCUT2D eigenvalue weighted by molar-refractivity contribution is 0.464. The van der Waals surface area contributed by atoms with Crippen LogP contribution in [0.3, 0.4) is 0 Å². The third kappa shape index (κ3) is 4.25. The summed E-state index contributed by atoms with van der Waals surface area (Å²) in [6.45, 7) is 7.77. The first-order valence-electron chi connectivity index (χ1n) is 15.7. The van der Waals surface area contributed by atoms with Gasteiger partial charge in [-0.15, -0.1) is 0 Å². The zero-order valence-corrected chi connectivity index (χ0v) is 25.3. The van der Waals surface area contributed by atoms with E-state index in [-0.39, 0.29) is 6.71 Å². The van der Waals surface area contributed by atoms with Gasteiger partial charge in [0.2, 0.25) is 0 Å². The summed E-state index contributed by atoms with van der Waals surface area (Å²) in [6.07, 6.45) is 0. The van der Waals surface area contributed by atoms with Crippen molar-refractivity contribution in [1.82, 2.24) is 0 Å². The van der Waals surface area contributed by atoms with E-state index >= 15 is 0 Å². The predicted octanol–water partition coefficient (Wildman–Crippen LogP) is 6.23. The van der Waals surface area contributed by atoms with Crippen LogP contribution in [0, 0.1) is 0 Å². The average Bonchev–Trinajstić information content (AvgIpc) is 3.72. The van der Waals surface area contributed by atoms with Crippen molar-refractivity contribution in [3.8, 4) is 45.3 Å². The summed E-state index contributed by atoms with van der Waals surface area (Å²) in [4.78, 5) is 13.6. The van der Waals surface area contributed by atoms with Gasteiger partial charge in [-0.2, -0.15) is 0 Å². The summed E-state index contributed by atoms with van der Waals surface area (Å²) in [6, 6.07) is 36.8. The standard InChI is InChI=1S/C38H31BN4O2/c1-24-40-18-20-42(24)30-12-6-26(7-13-30)28-10-16-32-36(22-28)44-34-4-3-5-35-38(34)39(32)33-17-11-29(23-37(33)45-35)27-8-14-31(15-9-27)43-21-19-41-25(43)2/h3-17,22-23H,18-21H2,1-2H3. The minimum Gasteiger partial charge on any atom is -0.458 e. The summed E-state index contributed by atoms with van der Waals surface area (Å²) < 4.78 is 13.1. The van der Waals surface area contributed by atoms with E-state index in [0.29, 0.717) is 0 Å². The van der Waals surface area contributed by atoms with Crippen LogP contribution in [-0.2, 0) is 0 Å². The van der Waals surface area contributed by atoms with Gasteiger partial charge in [-0.05, 0) is 95.6 Å². The van der Waals surface area contributed by atoms with Crippen LogP contribution < -0.4 is 35.7 Å². The van der Waals surface area contributed by atoms with Crippen molar-refractivity contribution in [3.63, 3.8) is 0 Å². The van der Waals surface area contributed by atoms with Crippen LogP contribution in [0.5, 0.6) is 23.0 Å². The van der Waals surface area contributed by atoms with Gasteiger partial charge in [0.15, 0.2) is 0 Å². The van der Waals surface area contributed by atoms with Crippen molar-refractivity contribution in [1.29, 1.82) is 0 Å². The molecule has 6 nitrogen and oxygen atoms in total.